The molecule has 172 valence electrons. The van der Waals surface area contributed by atoms with E-state index in [1.54, 1.807) is 12.1 Å². The van der Waals surface area contributed by atoms with Crippen LogP contribution in [0.25, 0.3) is 0 Å². The minimum absolute atomic E-state index is 0.0135. The molecule has 0 radical (unpaired) electrons. The number of rotatable bonds is 7. The number of hydrogen-bond donors (Lipinski definition) is 2. The normalized spacial score (nSPS) is 13.5. The van der Waals surface area contributed by atoms with Gasteiger partial charge in [-0.05, 0) is 19.9 Å². The molecule has 2 N–H and O–H groups in total. The lowest BCUT2D eigenvalue weighted by Gasteiger charge is -2.37. The second-order valence-corrected chi connectivity index (χ2v) is 7.62. The van der Waals surface area contributed by atoms with Crippen LogP contribution in [0.3, 0.4) is 0 Å². The van der Waals surface area contributed by atoms with Gasteiger partial charge in [-0.3, -0.25) is 24.1 Å². The third-order valence-corrected chi connectivity index (χ3v) is 4.91. The molecule has 0 saturated heterocycles. The Labute approximate surface area is 182 Å². The molecule has 2 amide bonds. The van der Waals surface area contributed by atoms with Crippen molar-refractivity contribution in [3.63, 3.8) is 0 Å². The van der Waals surface area contributed by atoms with Gasteiger partial charge in [0, 0.05) is 38.0 Å². The van der Waals surface area contributed by atoms with Gasteiger partial charge in [-0.15, -0.1) is 0 Å². The van der Waals surface area contributed by atoms with Crippen molar-refractivity contribution in [2.24, 2.45) is 0 Å². The monoisotopic (exact) mass is 450 g/mol. The van der Waals surface area contributed by atoms with E-state index in [2.05, 4.69) is 5.32 Å². The van der Waals surface area contributed by atoms with E-state index in [0.717, 1.165) is 12.3 Å². The van der Waals surface area contributed by atoms with E-state index < -0.39 is 40.2 Å². The molecule has 0 aliphatic carbocycles. The number of aromatic nitrogens is 1. The van der Waals surface area contributed by atoms with E-state index in [1.807, 2.05) is 13.8 Å². The second kappa shape index (κ2) is 9.35. The molecule has 9 nitrogen and oxygen atoms in total. The molecular weight excluding hydrogens is 426 g/mol. The zero-order chi connectivity index (χ0) is 23.6. The standard InChI is InChI=1S/C21H24F2N4O5/c1-12(2)32-7-6-26-11-25(3)27-10-15(18(28)19(29)17(27)21(26)31)20(30)24-9-13-4-5-14(22)8-16(13)23/h4-5,8,10,12,29H,6-7,9,11H2,1-3H3,(H,24,30). The van der Waals surface area contributed by atoms with Crippen molar-refractivity contribution in [1.29, 1.82) is 0 Å². The highest BCUT2D eigenvalue weighted by atomic mass is 19.1. The fourth-order valence-electron chi connectivity index (χ4n) is 3.26. The van der Waals surface area contributed by atoms with Gasteiger partial charge >= 0.3 is 0 Å². The van der Waals surface area contributed by atoms with Crippen molar-refractivity contribution in [1.82, 2.24) is 14.9 Å². The van der Waals surface area contributed by atoms with Gasteiger partial charge in [-0.2, -0.15) is 0 Å². The van der Waals surface area contributed by atoms with E-state index in [-0.39, 0.29) is 43.7 Å². The summed E-state index contributed by atoms with van der Waals surface area (Å²) in [7, 11) is 1.62. The van der Waals surface area contributed by atoms with Crippen molar-refractivity contribution < 1.29 is 28.2 Å². The second-order valence-electron chi connectivity index (χ2n) is 7.62. The van der Waals surface area contributed by atoms with Gasteiger partial charge in [0.05, 0.1) is 12.7 Å². The number of pyridine rings is 1. The lowest BCUT2D eigenvalue weighted by atomic mass is 10.1. The first-order chi connectivity index (χ1) is 15.1. The average molecular weight is 450 g/mol. The number of carbonyl (C=O) groups is 2. The predicted molar refractivity (Wildman–Crippen MR) is 111 cm³/mol. The zero-order valence-corrected chi connectivity index (χ0v) is 17.9. The molecule has 1 aromatic carbocycles. The number of fused-ring (bicyclic) bond motifs is 1. The van der Waals surface area contributed by atoms with Crippen LogP contribution in [0.15, 0.2) is 29.2 Å². The molecule has 0 atom stereocenters. The summed E-state index contributed by atoms with van der Waals surface area (Å²) in [4.78, 5) is 39.4. The summed E-state index contributed by atoms with van der Waals surface area (Å²) in [6, 6.07) is 2.90. The van der Waals surface area contributed by atoms with Crippen LogP contribution in [-0.4, -0.2) is 59.5 Å². The van der Waals surface area contributed by atoms with Crippen LogP contribution in [0.4, 0.5) is 8.78 Å². The predicted octanol–water partition coefficient (Wildman–Crippen LogP) is 1.17. The Hall–Kier alpha value is -3.47. The van der Waals surface area contributed by atoms with E-state index in [0.29, 0.717) is 6.07 Å². The first-order valence-corrected chi connectivity index (χ1v) is 9.93. The van der Waals surface area contributed by atoms with Gasteiger partial charge in [-0.1, -0.05) is 6.07 Å². The molecule has 11 heteroatoms. The first kappa shape index (κ1) is 23.2. The van der Waals surface area contributed by atoms with E-state index >= 15 is 0 Å². The van der Waals surface area contributed by atoms with Crippen LogP contribution >= 0.6 is 0 Å². The zero-order valence-electron chi connectivity index (χ0n) is 17.9. The lowest BCUT2D eigenvalue weighted by molar-refractivity contribution is 0.0434. The number of amides is 2. The Morgan fingerprint density at radius 2 is 2.00 bits per heavy atom. The summed E-state index contributed by atoms with van der Waals surface area (Å²) in [6.45, 7) is 4.09. The minimum Gasteiger partial charge on any atom is -0.502 e. The number of aromatic hydroxyl groups is 1. The highest BCUT2D eigenvalue weighted by Gasteiger charge is 2.33. The van der Waals surface area contributed by atoms with Crippen molar-refractivity contribution in [3.05, 3.63) is 63.1 Å². The summed E-state index contributed by atoms with van der Waals surface area (Å²) < 4.78 is 33.5. The van der Waals surface area contributed by atoms with Crippen LogP contribution in [-0.2, 0) is 11.3 Å². The van der Waals surface area contributed by atoms with Crippen LogP contribution in [0.5, 0.6) is 5.75 Å². The molecule has 0 bridgehead atoms. The van der Waals surface area contributed by atoms with E-state index in [1.165, 1.54) is 15.6 Å². The topological polar surface area (TPSA) is 104 Å². The summed E-state index contributed by atoms with van der Waals surface area (Å²) in [5.41, 5.74) is -1.71. The van der Waals surface area contributed by atoms with E-state index in [4.69, 9.17) is 4.74 Å². The Morgan fingerprint density at radius 1 is 1.28 bits per heavy atom. The number of nitrogens with zero attached hydrogens (tertiary/aromatic N) is 3. The summed E-state index contributed by atoms with van der Waals surface area (Å²) in [5.74, 6) is -3.92. The van der Waals surface area contributed by atoms with Gasteiger partial charge in [0.2, 0.25) is 5.43 Å². The lowest BCUT2D eigenvalue weighted by Crippen LogP contribution is -2.53. The van der Waals surface area contributed by atoms with Crippen LogP contribution in [0, 0.1) is 11.6 Å². The fourth-order valence-corrected chi connectivity index (χ4v) is 3.26. The van der Waals surface area contributed by atoms with Gasteiger partial charge < -0.3 is 20.1 Å². The fraction of sp³-hybridized carbons (Fsp3) is 0.381. The smallest absolute Gasteiger partial charge is 0.277 e. The molecule has 2 aromatic rings. The van der Waals surface area contributed by atoms with E-state index in [9.17, 15) is 28.3 Å². The molecule has 2 heterocycles. The number of carbonyl (C=O) groups excluding carboxylic acids is 2. The van der Waals surface area contributed by atoms with Crippen LogP contribution in [0.2, 0.25) is 0 Å². The molecule has 32 heavy (non-hydrogen) atoms. The Balaban J connectivity index is 1.83. The number of benzene rings is 1. The average Bonchev–Trinajstić information content (AvgIpc) is 2.72. The maximum atomic E-state index is 13.8. The number of ether oxygens (including phenoxy) is 1. The van der Waals surface area contributed by atoms with Gasteiger partial charge in [-0.25, -0.2) is 8.78 Å². The molecule has 3 rings (SSSR count). The number of halogens is 2. The highest BCUT2D eigenvalue weighted by molar-refractivity contribution is 5.99. The SMILES string of the molecule is CC(C)OCCN1CN(C)n2cc(C(=O)NCc3ccc(F)cc3F)c(=O)c(O)c2C1=O. The van der Waals surface area contributed by atoms with Crippen molar-refractivity contribution in [2.75, 3.05) is 31.9 Å². The van der Waals surface area contributed by atoms with Crippen molar-refractivity contribution in [2.45, 2.75) is 26.5 Å². The van der Waals surface area contributed by atoms with Gasteiger partial charge in [0.15, 0.2) is 11.4 Å². The van der Waals surface area contributed by atoms with Crippen LogP contribution in [0.1, 0.15) is 40.3 Å². The van der Waals surface area contributed by atoms with Crippen molar-refractivity contribution in [3.8, 4) is 5.75 Å². The first-order valence-electron chi connectivity index (χ1n) is 9.93. The number of nitrogens with one attached hydrogen (secondary N) is 1. The third kappa shape index (κ3) is 4.72. The maximum absolute atomic E-state index is 13.8. The summed E-state index contributed by atoms with van der Waals surface area (Å²) in [6.07, 6.45) is 1.13. The Kier molecular flexibility index (Phi) is 6.78. The Bertz CT molecular complexity index is 1100. The third-order valence-electron chi connectivity index (χ3n) is 4.91. The number of hydrogen-bond acceptors (Lipinski definition) is 6. The van der Waals surface area contributed by atoms with Gasteiger partial charge in [0.25, 0.3) is 11.8 Å². The largest absolute Gasteiger partial charge is 0.502 e. The minimum atomic E-state index is -1.03. The van der Waals surface area contributed by atoms with Gasteiger partial charge in [0.1, 0.15) is 23.9 Å². The highest BCUT2D eigenvalue weighted by Crippen LogP contribution is 2.20. The van der Waals surface area contributed by atoms with Crippen LogP contribution < -0.4 is 15.8 Å². The molecule has 0 saturated carbocycles. The molecule has 1 aromatic heterocycles. The quantitative estimate of drug-likeness (QED) is 0.656. The molecule has 0 unspecified atom stereocenters. The molecule has 0 spiro atoms. The maximum Gasteiger partial charge on any atom is 0.277 e. The van der Waals surface area contributed by atoms with Crippen molar-refractivity contribution >= 4 is 11.8 Å². The summed E-state index contributed by atoms with van der Waals surface area (Å²) >= 11 is 0. The summed E-state index contributed by atoms with van der Waals surface area (Å²) in [5, 5.41) is 14.3. The Morgan fingerprint density at radius 3 is 2.66 bits per heavy atom. The molecule has 1 aliphatic rings. The molecule has 0 fully saturated rings. The molecule has 1 aliphatic heterocycles. The molecular formula is C21H24F2N4O5.